The molecule has 2 aromatic carbocycles. The highest BCUT2D eigenvalue weighted by Crippen LogP contribution is 2.23. The van der Waals surface area contributed by atoms with E-state index in [1.165, 1.54) is 0 Å². The molecule has 0 aliphatic carbocycles. The van der Waals surface area contributed by atoms with E-state index in [4.69, 9.17) is 4.74 Å². The van der Waals surface area contributed by atoms with Gasteiger partial charge in [0.2, 0.25) is 0 Å². The first-order valence-electron chi connectivity index (χ1n) is 6.74. The summed E-state index contributed by atoms with van der Waals surface area (Å²) >= 11 is 0. The highest BCUT2D eigenvalue weighted by Gasteiger charge is 2.20. The third kappa shape index (κ3) is 3.83. The summed E-state index contributed by atoms with van der Waals surface area (Å²) < 4.78 is 5.06. The summed E-state index contributed by atoms with van der Waals surface area (Å²) in [5, 5.41) is 12.5. The molecule has 0 bridgehead atoms. The fourth-order valence-corrected chi connectivity index (χ4v) is 2.15. The second-order valence-electron chi connectivity index (χ2n) is 4.91. The van der Waals surface area contributed by atoms with Gasteiger partial charge in [0, 0.05) is 12.8 Å². The molecule has 0 aromatic heterocycles. The topological polar surface area (TPSA) is 58.6 Å². The number of methoxy groups -OCH3 is 1. The van der Waals surface area contributed by atoms with Gasteiger partial charge >= 0.3 is 5.97 Å². The number of benzene rings is 2. The van der Waals surface area contributed by atoms with Crippen LogP contribution in [0.2, 0.25) is 0 Å². The second kappa shape index (κ2) is 6.90. The average molecular weight is 285 g/mol. The molecule has 0 radical (unpaired) electrons. The van der Waals surface area contributed by atoms with E-state index in [2.05, 4.69) is 5.32 Å². The SMILES string of the molecule is COCc1ccc(C(Nc2ccccc2C)C(=O)O)cc1. The fraction of sp³-hybridized carbons (Fsp3) is 0.235. The van der Waals surface area contributed by atoms with E-state index in [9.17, 15) is 9.90 Å². The number of anilines is 1. The molecule has 1 atom stereocenters. The predicted octanol–water partition coefficient (Wildman–Crippen LogP) is 3.38. The first kappa shape index (κ1) is 15.1. The normalized spacial score (nSPS) is 11.9. The molecule has 0 aliphatic rings. The van der Waals surface area contributed by atoms with Crippen LogP contribution in [0.1, 0.15) is 22.7 Å². The zero-order valence-electron chi connectivity index (χ0n) is 12.2. The van der Waals surface area contributed by atoms with Crippen molar-refractivity contribution in [1.29, 1.82) is 0 Å². The first-order chi connectivity index (χ1) is 10.1. The number of carboxylic acids is 1. The smallest absolute Gasteiger partial charge is 0.330 e. The molecule has 4 heteroatoms. The lowest BCUT2D eigenvalue weighted by Crippen LogP contribution is -2.20. The Labute approximate surface area is 124 Å². The van der Waals surface area contributed by atoms with Crippen molar-refractivity contribution in [3.63, 3.8) is 0 Å². The largest absolute Gasteiger partial charge is 0.479 e. The number of para-hydroxylation sites is 1. The van der Waals surface area contributed by atoms with Crippen molar-refractivity contribution in [1.82, 2.24) is 0 Å². The molecule has 1 unspecified atom stereocenters. The third-order valence-electron chi connectivity index (χ3n) is 3.32. The van der Waals surface area contributed by atoms with Crippen molar-refractivity contribution in [3.8, 4) is 0 Å². The molecular formula is C17H19NO3. The van der Waals surface area contributed by atoms with Crippen molar-refractivity contribution in [2.75, 3.05) is 12.4 Å². The van der Waals surface area contributed by atoms with Gasteiger partial charge in [0.25, 0.3) is 0 Å². The van der Waals surface area contributed by atoms with Gasteiger partial charge in [0.1, 0.15) is 0 Å². The number of hydrogen-bond acceptors (Lipinski definition) is 3. The van der Waals surface area contributed by atoms with Gasteiger partial charge in [-0.05, 0) is 29.7 Å². The van der Waals surface area contributed by atoms with Crippen LogP contribution in [0.15, 0.2) is 48.5 Å². The Hall–Kier alpha value is -2.33. The minimum absolute atomic E-state index is 0.517. The molecule has 0 saturated heterocycles. The van der Waals surface area contributed by atoms with Crippen LogP contribution < -0.4 is 5.32 Å². The second-order valence-corrected chi connectivity index (χ2v) is 4.91. The van der Waals surface area contributed by atoms with E-state index in [0.717, 1.165) is 16.8 Å². The van der Waals surface area contributed by atoms with E-state index in [1.807, 2.05) is 55.5 Å². The van der Waals surface area contributed by atoms with Crippen LogP contribution in [0.25, 0.3) is 0 Å². The summed E-state index contributed by atoms with van der Waals surface area (Å²) in [6, 6.07) is 14.3. The van der Waals surface area contributed by atoms with Crippen molar-refractivity contribution in [2.45, 2.75) is 19.6 Å². The maximum atomic E-state index is 11.5. The number of hydrogen-bond donors (Lipinski definition) is 2. The Kier molecular flexibility index (Phi) is 4.95. The highest BCUT2D eigenvalue weighted by atomic mass is 16.5. The molecule has 2 aromatic rings. The highest BCUT2D eigenvalue weighted by molar-refractivity contribution is 5.79. The molecule has 0 aliphatic heterocycles. The van der Waals surface area contributed by atoms with Gasteiger partial charge in [-0.15, -0.1) is 0 Å². The van der Waals surface area contributed by atoms with Gasteiger partial charge in [-0.2, -0.15) is 0 Å². The van der Waals surface area contributed by atoms with E-state index in [1.54, 1.807) is 7.11 Å². The molecule has 0 amide bonds. The summed E-state index contributed by atoms with van der Waals surface area (Å²) in [6.45, 7) is 2.46. The van der Waals surface area contributed by atoms with Crippen LogP contribution in [0.3, 0.4) is 0 Å². The lowest BCUT2D eigenvalue weighted by Gasteiger charge is -2.18. The van der Waals surface area contributed by atoms with Crippen molar-refractivity contribution >= 4 is 11.7 Å². The Bertz CT molecular complexity index is 608. The van der Waals surface area contributed by atoms with Crippen molar-refractivity contribution < 1.29 is 14.6 Å². The van der Waals surface area contributed by atoms with Gasteiger partial charge in [-0.1, -0.05) is 42.5 Å². The molecule has 2 rings (SSSR count). The van der Waals surface area contributed by atoms with Crippen molar-refractivity contribution in [3.05, 3.63) is 65.2 Å². The van der Waals surface area contributed by atoms with E-state index in [-0.39, 0.29) is 0 Å². The van der Waals surface area contributed by atoms with Crippen molar-refractivity contribution in [2.24, 2.45) is 0 Å². The zero-order chi connectivity index (χ0) is 15.2. The molecule has 0 spiro atoms. The minimum Gasteiger partial charge on any atom is -0.479 e. The molecule has 0 fully saturated rings. The molecule has 2 N–H and O–H groups in total. The number of aliphatic carboxylic acids is 1. The van der Waals surface area contributed by atoms with Gasteiger partial charge in [-0.3, -0.25) is 0 Å². The molecule has 4 nitrogen and oxygen atoms in total. The molecular weight excluding hydrogens is 266 g/mol. The number of carboxylic acid groups (broad SMARTS) is 1. The Morgan fingerprint density at radius 3 is 2.43 bits per heavy atom. The fourth-order valence-electron chi connectivity index (χ4n) is 2.15. The van der Waals surface area contributed by atoms with Crippen LogP contribution in [-0.2, 0) is 16.1 Å². The van der Waals surface area contributed by atoms with E-state index < -0.39 is 12.0 Å². The molecule has 0 saturated carbocycles. The maximum Gasteiger partial charge on any atom is 0.330 e. The Balaban J connectivity index is 2.23. The Morgan fingerprint density at radius 1 is 1.19 bits per heavy atom. The predicted molar refractivity (Wildman–Crippen MR) is 82.3 cm³/mol. The van der Waals surface area contributed by atoms with Gasteiger partial charge in [-0.25, -0.2) is 4.79 Å². The summed E-state index contributed by atoms with van der Waals surface area (Å²) in [4.78, 5) is 11.5. The first-order valence-corrected chi connectivity index (χ1v) is 6.74. The minimum atomic E-state index is -0.905. The monoisotopic (exact) mass is 285 g/mol. The molecule has 110 valence electrons. The molecule has 0 heterocycles. The van der Waals surface area contributed by atoms with Gasteiger partial charge in [0.05, 0.1) is 6.61 Å². The van der Waals surface area contributed by atoms with Gasteiger partial charge < -0.3 is 15.2 Å². The Morgan fingerprint density at radius 2 is 1.86 bits per heavy atom. The average Bonchev–Trinajstić information content (AvgIpc) is 2.47. The number of carbonyl (C=O) groups is 1. The zero-order valence-corrected chi connectivity index (χ0v) is 12.2. The van der Waals surface area contributed by atoms with Crippen LogP contribution in [0.5, 0.6) is 0 Å². The van der Waals surface area contributed by atoms with Gasteiger partial charge in [0.15, 0.2) is 6.04 Å². The van der Waals surface area contributed by atoms with E-state index >= 15 is 0 Å². The summed E-state index contributed by atoms with van der Waals surface area (Å²) in [7, 11) is 1.63. The maximum absolute atomic E-state index is 11.5. The quantitative estimate of drug-likeness (QED) is 0.854. The van der Waals surface area contributed by atoms with Crippen LogP contribution >= 0.6 is 0 Å². The third-order valence-corrected chi connectivity index (χ3v) is 3.32. The summed E-state index contributed by atoms with van der Waals surface area (Å²) in [5.41, 5.74) is 3.57. The van der Waals surface area contributed by atoms with Crippen LogP contribution in [0.4, 0.5) is 5.69 Å². The number of nitrogens with one attached hydrogen (secondary N) is 1. The van der Waals surface area contributed by atoms with E-state index in [0.29, 0.717) is 12.2 Å². The van der Waals surface area contributed by atoms with Crippen LogP contribution in [0, 0.1) is 6.92 Å². The number of ether oxygens (including phenoxy) is 1. The van der Waals surface area contributed by atoms with Crippen LogP contribution in [-0.4, -0.2) is 18.2 Å². The summed E-state index contributed by atoms with van der Waals surface area (Å²) in [5.74, 6) is -0.905. The number of aryl methyl sites for hydroxylation is 1. The standard InChI is InChI=1S/C17H19NO3/c1-12-5-3-4-6-15(12)18-16(17(19)20)14-9-7-13(8-10-14)11-21-2/h3-10,16,18H,11H2,1-2H3,(H,19,20). The molecule has 21 heavy (non-hydrogen) atoms. The summed E-state index contributed by atoms with van der Waals surface area (Å²) in [6.07, 6.45) is 0. The number of rotatable bonds is 6. The lowest BCUT2D eigenvalue weighted by molar-refractivity contribution is -0.138. The lowest BCUT2D eigenvalue weighted by atomic mass is 10.0.